The van der Waals surface area contributed by atoms with Crippen molar-refractivity contribution < 1.29 is 13.2 Å². The van der Waals surface area contributed by atoms with E-state index in [9.17, 15) is 13.2 Å². The molecule has 0 spiro atoms. The average Bonchev–Trinajstić information content (AvgIpc) is 2.48. The summed E-state index contributed by atoms with van der Waals surface area (Å²) in [6, 6.07) is 8.44. The molecule has 0 radical (unpaired) electrons. The molecule has 0 atom stereocenters. The third kappa shape index (κ3) is 3.49. The van der Waals surface area contributed by atoms with E-state index in [-0.39, 0.29) is 23.0 Å². The molecule has 1 aromatic rings. The number of nitriles is 1. The van der Waals surface area contributed by atoms with Crippen LogP contribution in [0.1, 0.15) is 25.3 Å². The second-order valence-corrected chi connectivity index (χ2v) is 7.21. The maximum atomic E-state index is 12.5. The highest BCUT2D eigenvalue weighted by atomic mass is 32.2. The first-order chi connectivity index (χ1) is 9.95. The number of carbonyl (C=O) groups is 1. The van der Waals surface area contributed by atoms with Gasteiger partial charge in [0.05, 0.1) is 17.4 Å². The van der Waals surface area contributed by atoms with Gasteiger partial charge in [0.1, 0.15) is 5.78 Å². The largest absolute Gasteiger partial charge is 0.300 e. The molecular formula is C15H18N2O3S. The predicted octanol–water partition coefficient (Wildman–Crippen LogP) is 1.74. The number of benzene rings is 1. The molecule has 1 saturated heterocycles. The van der Waals surface area contributed by atoms with Gasteiger partial charge >= 0.3 is 0 Å². The van der Waals surface area contributed by atoms with E-state index in [0.717, 1.165) is 5.56 Å². The molecule has 2 rings (SSSR count). The number of ketones is 1. The SMILES string of the molecule is CC(=O)C1CCN(S(=O)(=O)c2ccc(CC#N)cc2)CC1. The normalized spacial score (nSPS) is 17.3. The maximum absolute atomic E-state index is 12.5. The van der Waals surface area contributed by atoms with Crippen LogP contribution in [0.15, 0.2) is 29.2 Å². The molecule has 1 aromatic carbocycles. The quantitative estimate of drug-likeness (QED) is 0.849. The van der Waals surface area contributed by atoms with E-state index in [2.05, 4.69) is 0 Å². The summed E-state index contributed by atoms with van der Waals surface area (Å²) in [4.78, 5) is 11.6. The number of carbonyl (C=O) groups excluding carboxylic acids is 1. The molecule has 0 saturated carbocycles. The van der Waals surface area contributed by atoms with Crippen molar-refractivity contribution in [3.8, 4) is 6.07 Å². The molecule has 5 nitrogen and oxygen atoms in total. The van der Waals surface area contributed by atoms with Crippen LogP contribution in [0.25, 0.3) is 0 Å². The molecule has 112 valence electrons. The van der Waals surface area contributed by atoms with Crippen LogP contribution < -0.4 is 0 Å². The maximum Gasteiger partial charge on any atom is 0.243 e. The summed E-state index contributed by atoms with van der Waals surface area (Å²) in [5, 5.41) is 8.62. The predicted molar refractivity (Wildman–Crippen MR) is 77.9 cm³/mol. The Bertz CT molecular complexity index is 651. The van der Waals surface area contributed by atoms with Crippen LogP contribution in [0, 0.1) is 17.2 Å². The Morgan fingerprint density at radius 1 is 1.29 bits per heavy atom. The number of piperidine rings is 1. The number of nitrogens with zero attached hydrogens (tertiary/aromatic N) is 2. The van der Waals surface area contributed by atoms with Crippen molar-refractivity contribution in [2.75, 3.05) is 13.1 Å². The first kappa shape index (κ1) is 15.7. The monoisotopic (exact) mass is 306 g/mol. The third-order valence-electron chi connectivity index (χ3n) is 3.87. The van der Waals surface area contributed by atoms with Gasteiger partial charge in [-0.3, -0.25) is 4.79 Å². The standard InChI is InChI=1S/C15H18N2O3S/c1-12(18)14-7-10-17(11-8-14)21(19,20)15-4-2-13(3-5-15)6-9-16/h2-5,14H,6-8,10-11H2,1H3. The van der Waals surface area contributed by atoms with Gasteiger partial charge in [-0.1, -0.05) is 12.1 Å². The van der Waals surface area contributed by atoms with Crippen LogP contribution >= 0.6 is 0 Å². The Kier molecular flexibility index (Phi) is 4.76. The molecule has 6 heteroatoms. The van der Waals surface area contributed by atoms with Crippen molar-refractivity contribution in [2.24, 2.45) is 5.92 Å². The van der Waals surface area contributed by atoms with E-state index >= 15 is 0 Å². The summed E-state index contributed by atoms with van der Waals surface area (Å²) in [6.45, 7) is 2.32. The van der Waals surface area contributed by atoms with Crippen LogP contribution in [0.4, 0.5) is 0 Å². The fourth-order valence-corrected chi connectivity index (χ4v) is 3.99. The summed E-state index contributed by atoms with van der Waals surface area (Å²) >= 11 is 0. The highest BCUT2D eigenvalue weighted by Gasteiger charge is 2.30. The highest BCUT2D eigenvalue weighted by molar-refractivity contribution is 7.89. The molecule has 0 N–H and O–H groups in total. The van der Waals surface area contributed by atoms with E-state index in [1.54, 1.807) is 31.2 Å². The van der Waals surface area contributed by atoms with Crippen molar-refractivity contribution in [1.29, 1.82) is 5.26 Å². The first-order valence-corrected chi connectivity index (χ1v) is 8.35. The van der Waals surface area contributed by atoms with Gasteiger partial charge in [0.15, 0.2) is 0 Å². The molecule has 0 unspecified atom stereocenters. The number of hydrogen-bond donors (Lipinski definition) is 0. The summed E-state index contributed by atoms with van der Waals surface area (Å²) in [6.07, 6.45) is 1.44. The molecule has 1 aliphatic heterocycles. The first-order valence-electron chi connectivity index (χ1n) is 6.91. The van der Waals surface area contributed by atoms with Crippen LogP contribution in [0.3, 0.4) is 0 Å². The molecule has 1 aliphatic rings. The fourth-order valence-electron chi connectivity index (χ4n) is 2.52. The highest BCUT2D eigenvalue weighted by Crippen LogP contribution is 2.24. The minimum absolute atomic E-state index is 0.0190. The van der Waals surface area contributed by atoms with E-state index < -0.39 is 10.0 Å². The lowest BCUT2D eigenvalue weighted by Crippen LogP contribution is -2.39. The van der Waals surface area contributed by atoms with E-state index in [1.165, 1.54) is 4.31 Å². The molecule has 0 amide bonds. The second-order valence-electron chi connectivity index (χ2n) is 5.27. The van der Waals surface area contributed by atoms with Crippen LogP contribution in [-0.2, 0) is 21.2 Å². The molecule has 1 heterocycles. The smallest absolute Gasteiger partial charge is 0.243 e. The molecule has 0 aliphatic carbocycles. The Balaban J connectivity index is 2.12. The molecule has 21 heavy (non-hydrogen) atoms. The number of rotatable bonds is 4. The van der Waals surface area contributed by atoms with Crippen molar-refractivity contribution in [1.82, 2.24) is 4.31 Å². The van der Waals surface area contributed by atoms with Crippen molar-refractivity contribution in [3.63, 3.8) is 0 Å². The van der Waals surface area contributed by atoms with Crippen molar-refractivity contribution in [3.05, 3.63) is 29.8 Å². The lowest BCUT2D eigenvalue weighted by molar-refractivity contribution is -0.121. The lowest BCUT2D eigenvalue weighted by Gasteiger charge is -2.30. The summed E-state index contributed by atoms with van der Waals surface area (Å²) in [7, 11) is -3.50. The van der Waals surface area contributed by atoms with E-state index in [0.29, 0.717) is 25.9 Å². The Morgan fingerprint density at radius 3 is 2.33 bits per heavy atom. The van der Waals surface area contributed by atoms with Gasteiger partial charge in [0, 0.05) is 19.0 Å². The summed E-state index contributed by atoms with van der Waals surface area (Å²) in [5.74, 6) is 0.113. The van der Waals surface area contributed by atoms with Crippen LogP contribution in [0.2, 0.25) is 0 Å². The van der Waals surface area contributed by atoms with E-state index in [1.807, 2.05) is 6.07 Å². The van der Waals surface area contributed by atoms with Gasteiger partial charge in [-0.05, 0) is 37.5 Å². The van der Waals surface area contributed by atoms with Gasteiger partial charge in [0.2, 0.25) is 10.0 Å². The Hall–Kier alpha value is -1.71. The minimum atomic E-state index is -3.50. The van der Waals surface area contributed by atoms with Crippen molar-refractivity contribution in [2.45, 2.75) is 31.1 Å². The third-order valence-corrected chi connectivity index (χ3v) is 5.79. The van der Waals surface area contributed by atoms with Crippen LogP contribution in [0.5, 0.6) is 0 Å². The molecule has 1 fully saturated rings. The zero-order valence-corrected chi connectivity index (χ0v) is 12.8. The van der Waals surface area contributed by atoms with Gasteiger partial charge < -0.3 is 0 Å². The molecule has 0 bridgehead atoms. The lowest BCUT2D eigenvalue weighted by atomic mass is 9.95. The molecular weight excluding hydrogens is 288 g/mol. The number of hydrogen-bond acceptors (Lipinski definition) is 4. The zero-order chi connectivity index (χ0) is 15.5. The van der Waals surface area contributed by atoms with Gasteiger partial charge in [-0.2, -0.15) is 9.57 Å². The van der Waals surface area contributed by atoms with E-state index in [4.69, 9.17) is 5.26 Å². The zero-order valence-electron chi connectivity index (χ0n) is 11.9. The minimum Gasteiger partial charge on any atom is -0.300 e. The molecule has 0 aromatic heterocycles. The Labute approximate surface area is 125 Å². The van der Waals surface area contributed by atoms with Crippen molar-refractivity contribution >= 4 is 15.8 Å². The second kappa shape index (κ2) is 6.37. The van der Waals surface area contributed by atoms with Gasteiger partial charge in [-0.25, -0.2) is 8.42 Å². The van der Waals surface area contributed by atoms with Gasteiger partial charge in [0.25, 0.3) is 0 Å². The average molecular weight is 306 g/mol. The number of sulfonamides is 1. The Morgan fingerprint density at radius 2 is 1.86 bits per heavy atom. The topological polar surface area (TPSA) is 78.2 Å². The summed E-state index contributed by atoms with van der Waals surface area (Å²) < 4.78 is 26.5. The van der Waals surface area contributed by atoms with Crippen LogP contribution in [-0.4, -0.2) is 31.6 Å². The van der Waals surface area contributed by atoms with Gasteiger partial charge in [-0.15, -0.1) is 0 Å². The summed E-state index contributed by atoms with van der Waals surface area (Å²) in [5.41, 5.74) is 0.798. The number of Topliss-reactive ketones (excluding diaryl/α,β-unsaturated/α-hetero) is 1. The fraction of sp³-hybridized carbons (Fsp3) is 0.467.